The molecule has 138 valence electrons. The number of anilines is 1. The van der Waals surface area contributed by atoms with Crippen molar-refractivity contribution < 1.29 is 9.13 Å². The van der Waals surface area contributed by atoms with Crippen molar-refractivity contribution in [3.63, 3.8) is 0 Å². The molecule has 0 bridgehead atoms. The van der Waals surface area contributed by atoms with Gasteiger partial charge in [0.25, 0.3) is 0 Å². The van der Waals surface area contributed by atoms with Gasteiger partial charge in [-0.15, -0.1) is 0 Å². The molecule has 0 spiro atoms. The highest BCUT2D eigenvalue weighted by Gasteiger charge is 2.50. The molecule has 0 saturated carbocycles. The van der Waals surface area contributed by atoms with Gasteiger partial charge in [-0.1, -0.05) is 30.3 Å². The normalized spacial score (nSPS) is 26.1. The highest BCUT2D eigenvalue weighted by Crippen LogP contribution is 2.45. The van der Waals surface area contributed by atoms with Crippen molar-refractivity contribution in [1.29, 1.82) is 0 Å². The molecule has 2 aliphatic heterocycles. The number of halogens is 1. The summed E-state index contributed by atoms with van der Waals surface area (Å²) in [6.45, 7) is 5.58. The second kappa shape index (κ2) is 7.29. The highest BCUT2D eigenvalue weighted by molar-refractivity contribution is 5.37. The van der Waals surface area contributed by atoms with Gasteiger partial charge in [-0.05, 0) is 12.0 Å². The van der Waals surface area contributed by atoms with Crippen LogP contribution in [0.25, 0.3) is 0 Å². The van der Waals surface area contributed by atoms with E-state index in [2.05, 4.69) is 50.1 Å². The lowest BCUT2D eigenvalue weighted by molar-refractivity contribution is 0.157. The molecular weight excluding hydrogens is 331 g/mol. The topological polar surface area (TPSA) is 41.5 Å². The average molecular weight is 356 g/mol. The first kappa shape index (κ1) is 17.4. The molecule has 2 aliphatic rings. The number of rotatable bonds is 5. The van der Waals surface area contributed by atoms with Gasteiger partial charge in [0, 0.05) is 51.2 Å². The number of aromatic nitrogens is 2. The molecular formula is C20H25FN4O. The van der Waals surface area contributed by atoms with Crippen molar-refractivity contribution in [3.8, 4) is 0 Å². The van der Waals surface area contributed by atoms with Crippen molar-refractivity contribution in [3.05, 3.63) is 54.1 Å². The van der Waals surface area contributed by atoms with Gasteiger partial charge in [0.2, 0.25) is 5.95 Å². The SMILES string of the molecule is COCCN1CC2CN(c3ncc(F)cn3)CCC2(c2ccccc2)C1. The van der Waals surface area contributed by atoms with Gasteiger partial charge in [0.1, 0.15) is 0 Å². The van der Waals surface area contributed by atoms with E-state index in [-0.39, 0.29) is 5.41 Å². The standard InChI is InChI=1S/C20H25FN4O/c1-26-10-9-24-13-17-14-25(19-22-11-18(21)12-23-19)8-7-20(17,15-24)16-5-3-2-4-6-16/h2-6,11-12,17H,7-10,13-15H2,1H3. The molecule has 4 rings (SSSR count). The van der Waals surface area contributed by atoms with Crippen LogP contribution in [0.4, 0.5) is 10.3 Å². The molecule has 1 aromatic heterocycles. The highest BCUT2D eigenvalue weighted by atomic mass is 19.1. The monoisotopic (exact) mass is 356 g/mol. The Labute approximate surface area is 153 Å². The Bertz CT molecular complexity index is 726. The van der Waals surface area contributed by atoms with Crippen LogP contribution in [0, 0.1) is 11.7 Å². The van der Waals surface area contributed by atoms with Crippen LogP contribution in [0.2, 0.25) is 0 Å². The van der Waals surface area contributed by atoms with E-state index in [4.69, 9.17) is 4.74 Å². The van der Waals surface area contributed by atoms with E-state index in [0.717, 1.165) is 45.8 Å². The Hall–Kier alpha value is -2.05. The zero-order valence-corrected chi connectivity index (χ0v) is 15.1. The number of benzene rings is 1. The van der Waals surface area contributed by atoms with Crippen LogP contribution in [0.15, 0.2) is 42.7 Å². The van der Waals surface area contributed by atoms with Crippen LogP contribution in [0.1, 0.15) is 12.0 Å². The average Bonchev–Trinajstić information content (AvgIpc) is 3.06. The molecule has 1 aromatic carbocycles. The van der Waals surface area contributed by atoms with Gasteiger partial charge >= 0.3 is 0 Å². The lowest BCUT2D eigenvalue weighted by Gasteiger charge is -2.44. The van der Waals surface area contributed by atoms with Gasteiger partial charge in [-0.2, -0.15) is 0 Å². The Morgan fingerprint density at radius 2 is 1.96 bits per heavy atom. The quantitative estimate of drug-likeness (QED) is 0.823. The third-order valence-electron chi connectivity index (χ3n) is 5.88. The van der Waals surface area contributed by atoms with Crippen molar-refractivity contribution >= 4 is 5.95 Å². The molecule has 3 heterocycles. The van der Waals surface area contributed by atoms with E-state index in [0.29, 0.717) is 11.9 Å². The number of likely N-dealkylation sites (tertiary alicyclic amines) is 1. The minimum absolute atomic E-state index is 0.158. The first-order valence-electron chi connectivity index (χ1n) is 9.20. The number of fused-ring (bicyclic) bond motifs is 1. The molecule has 2 aromatic rings. The molecule has 2 saturated heterocycles. The molecule has 2 unspecified atom stereocenters. The molecule has 2 atom stereocenters. The maximum Gasteiger partial charge on any atom is 0.225 e. The maximum absolute atomic E-state index is 13.2. The predicted molar refractivity (Wildman–Crippen MR) is 98.7 cm³/mol. The predicted octanol–water partition coefficient (Wildman–Crippen LogP) is 2.34. The number of methoxy groups -OCH3 is 1. The lowest BCUT2D eigenvalue weighted by atomic mass is 9.68. The number of hydrogen-bond acceptors (Lipinski definition) is 5. The summed E-state index contributed by atoms with van der Waals surface area (Å²) in [4.78, 5) is 13.1. The van der Waals surface area contributed by atoms with Crippen LogP contribution in [0.5, 0.6) is 0 Å². The third-order valence-corrected chi connectivity index (χ3v) is 5.88. The van der Waals surface area contributed by atoms with Crippen LogP contribution in [0.3, 0.4) is 0 Å². The number of nitrogens with zero attached hydrogens (tertiary/aromatic N) is 4. The summed E-state index contributed by atoms with van der Waals surface area (Å²) in [5.41, 5.74) is 1.58. The number of ether oxygens (including phenoxy) is 1. The Morgan fingerprint density at radius 3 is 2.69 bits per heavy atom. The van der Waals surface area contributed by atoms with Crippen molar-refractivity contribution in [2.75, 3.05) is 51.3 Å². The van der Waals surface area contributed by atoms with E-state index in [1.54, 1.807) is 7.11 Å². The van der Waals surface area contributed by atoms with E-state index >= 15 is 0 Å². The van der Waals surface area contributed by atoms with Gasteiger partial charge in [0.05, 0.1) is 19.0 Å². The molecule has 0 N–H and O–H groups in total. The minimum Gasteiger partial charge on any atom is -0.383 e. The summed E-state index contributed by atoms with van der Waals surface area (Å²) in [7, 11) is 1.75. The van der Waals surface area contributed by atoms with Gasteiger partial charge < -0.3 is 9.64 Å². The lowest BCUT2D eigenvalue weighted by Crippen LogP contribution is -2.50. The zero-order valence-electron chi connectivity index (χ0n) is 15.1. The first-order valence-corrected chi connectivity index (χ1v) is 9.20. The Kier molecular flexibility index (Phi) is 4.87. The molecule has 0 amide bonds. The molecule has 0 aliphatic carbocycles. The zero-order chi connectivity index (χ0) is 18.0. The smallest absolute Gasteiger partial charge is 0.225 e. The third kappa shape index (κ3) is 3.19. The van der Waals surface area contributed by atoms with Crippen molar-refractivity contribution in [2.24, 2.45) is 5.92 Å². The molecule has 0 radical (unpaired) electrons. The fourth-order valence-electron chi connectivity index (χ4n) is 4.57. The van der Waals surface area contributed by atoms with Crippen LogP contribution in [-0.2, 0) is 10.2 Å². The Morgan fingerprint density at radius 1 is 1.19 bits per heavy atom. The number of hydrogen-bond donors (Lipinski definition) is 0. The van der Waals surface area contributed by atoms with Crippen LogP contribution in [-0.4, -0.2) is 61.3 Å². The van der Waals surface area contributed by atoms with Gasteiger partial charge in [0.15, 0.2) is 5.82 Å². The minimum atomic E-state index is -0.393. The summed E-state index contributed by atoms with van der Waals surface area (Å²) in [6, 6.07) is 10.9. The summed E-state index contributed by atoms with van der Waals surface area (Å²) >= 11 is 0. The van der Waals surface area contributed by atoms with E-state index in [9.17, 15) is 4.39 Å². The van der Waals surface area contributed by atoms with Gasteiger partial charge in [-0.25, -0.2) is 14.4 Å². The van der Waals surface area contributed by atoms with E-state index in [1.807, 2.05) is 0 Å². The van der Waals surface area contributed by atoms with Gasteiger partial charge in [-0.3, -0.25) is 4.90 Å². The molecule has 2 fully saturated rings. The molecule has 6 heteroatoms. The Balaban J connectivity index is 1.59. The van der Waals surface area contributed by atoms with E-state index < -0.39 is 5.82 Å². The fraction of sp³-hybridized carbons (Fsp3) is 0.500. The molecule has 26 heavy (non-hydrogen) atoms. The van der Waals surface area contributed by atoms with E-state index in [1.165, 1.54) is 18.0 Å². The summed E-state index contributed by atoms with van der Waals surface area (Å²) in [5.74, 6) is 0.726. The van der Waals surface area contributed by atoms with Crippen LogP contribution >= 0.6 is 0 Å². The molecule has 5 nitrogen and oxygen atoms in total. The largest absolute Gasteiger partial charge is 0.383 e. The number of piperidine rings is 1. The summed E-state index contributed by atoms with van der Waals surface area (Å²) in [6.07, 6.45) is 3.55. The van der Waals surface area contributed by atoms with Crippen LogP contribution < -0.4 is 4.90 Å². The fourth-order valence-corrected chi connectivity index (χ4v) is 4.57. The summed E-state index contributed by atoms with van der Waals surface area (Å²) in [5, 5.41) is 0. The van der Waals surface area contributed by atoms with Crippen molar-refractivity contribution in [2.45, 2.75) is 11.8 Å². The first-order chi connectivity index (χ1) is 12.7. The van der Waals surface area contributed by atoms with Crippen molar-refractivity contribution in [1.82, 2.24) is 14.9 Å². The maximum atomic E-state index is 13.2. The second-order valence-corrected chi connectivity index (χ2v) is 7.34. The second-order valence-electron chi connectivity index (χ2n) is 7.34. The summed E-state index contributed by atoms with van der Waals surface area (Å²) < 4.78 is 18.4.